The molecule has 0 unspecified atom stereocenters. The number of carbonyl (C=O) groups is 1. The minimum atomic E-state index is -0.138. The SMILES string of the molecule is C[C@@H]1COCCN1C(=O)Nc1cc(Cl)cc2c1OCC2. The van der Waals surface area contributed by atoms with Crippen molar-refractivity contribution in [3.8, 4) is 5.75 Å². The summed E-state index contributed by atoms with van der Waals surface area (Å²) in [7, 11) is 0. The van der Waals surface area contributed by atoms with Crippen LogP contribution in [-0.4, -0.2) is 43.3 Å². The molecule has 2 amide bonds. The molecule has 3 rings (SSSR count). The van der Waals surface area contributed by atoms with Crippen LogP contribution in [0.25, 0.3) is 0 Å². The molecule has 1 fully saturated rings. The molecule has 2 aliphatic rings. The molecule has 2 aliphatic heterocycles. The third-order valence-electron chi connectivity index (χ3n) is 3.62. The van der Waals surface area contributed by atoms with E-state index in [0.29, 0.717) is 37.1 Å². The molecule has 2 heterocycles. The van der Waals surface area contributed by atoms with Crippen molar-refractivity contribution in [3.63, 3.8) is 0 Å². The molecule has 1 atom stereocenters. The predicted octanol–water partition coefficient (Wildman–Crippen LogP) is 2.53. The van der Waals surface area contributed by atoms with Crippen LogP contribution in [0, 0.1) is 0 Å². The van der Waals surface area contributed by atoms with Crippen molar-refractivity contribution in [2.24, 2.45) is 0 Å². The molecule has 1 N–H and O–H groups in total. The van der Waals surface area contributed by atoms with Gasteiger partial charge in [0.05, 0.1) is 31.5 Å². The van der Waals surface area contributed by atoms with Crippen LogP contribution in [-0.2, 0) is 11.2 Å². The minimum absolute atomic E-state index is 0.0666. The van der Waals surface area contributed by atoms with Crippen LogP contribution >= 0.6 is 11.6 Å². The number of nitrogens with zero attached hydrogens (tertiary/aromatic N) is 1. The monoisotopic (exact) mass is 296 g/mol. The Hall–Kier alpha value is -1.46. The summed E-state index contributed by atoms with van der Waals surface area (Å²) in [4.78, 5) is 14.1. The van der Waals surface area contributed by atoms with Crippen molar-refractivity contribution in [1.29, 1.82) is 0 Å². The van der Waals surface area contributed by atoms with Gasteiger partial charge in [-0.2, -0.15) is 0 Å². The third kappa shape index (κ3) is 2.55. The number of rotatable bonds is 1. The van der Waals surface area contributed by atoms with Crippen molar-refractivity contribution >= 4 is 23.3 Å². The van der Waals surface area contributed by atoms with Gasteiger partial charge in [0.15, 0.2) is 0 Å². The average Bonchev–Trinajstić information content (AvgIpc) is 2.87. The zero-order chi connectivity index (χ0) is 14.1. The Kier molecular flexibility index (Phi) is 3.72. The van der Waals surface area contributed by atoms with Gasteiger partial charge < -0.3 is 19.7 Å². The van der Waals surface area contributed by atoms with Crippen molar-refractivity contribution < 1.29 is 14.3 Å². The number of hydrogen-bond acceptors (Lipinski definition) is 3. The standard InChI is InChI=1S/C14H17ClN2O3/c1-9-8-19-5-3-17(9)14(18)16-12-7-11(15)6-10-2-4-20-13(10)12/h6-7,9H,2-5,8H2,1H3,(H,16,18)/t9-/m1/s1. The van der Waals surface area contributed by atoms with E-state index in [1.165, 1.54) is 0 Å². The highest BCUT2D eigenvalue weighted by Crippen LogP contribution is 2.36. The molecular weight excluding hydrogens is 280 g/mol. The molecule has 20 heavy (non-hydrogen) atoms. The Morgan fingerprint density at radius 1 is 1.45 bits per heavy atom. The van der Waals surface area contributed by atoms with Crippen LogP contribution < -0.4 is 10.1 Å². The molecule has 0 saturated carbocycles. The quantitative estimate of drug-likeness (QED) is 0.866. The number of halogens is 1. The number of benzene rings is 1. The van der Waals surface area contributed by atoms with Gasteiger partial charge >= 0.3 is 6.03 Å². The van der Waals surface area contributed by atoms with Gasteiger partial charge in [0, 0.05) is 23.6 Å². The Labute approximate surface area is 122 Å². The first kappa shape index (κ1) is 13.5. The largest absolute Gasteiger partial charge is 0.491 e. The molecule has 1 aromatic rings. The molecule has 1 saturated heterocycles. The van der Waals surface area contributed by atoms with Crippen molar-refractivity contribution in [3.05, 3.63) is 22.7 Å². The zero-order valence-corrected chi connectivity index (χ0v) is 12.1. The summed E-state index contributed by atoms with van der Waals surface area (Å²) in [6.45, 7) is 4.33. The Balaban J connectivity index is 1.79. The van der Waals surface area contributed by atoms with Gasteiger partial charge in [-0.3, -0.25) is 0 Å². The summed E-state index contributed by atoms with van der Waals surface area (Å²) in [5.41, 5.74) is 1.69. The van der Waals surface area contributed by atoms with E-state index < -0.39 is 0 Å². The van der Waals surface area contributed by atoms with Crippen molar-refractivity contribution in [1.82, 2.24) is 4.90 Å². The van der Waals surface area contributed by atoms with Gasteiger partial charge in [-0.1, -0.05) is 11.6 Å². The first-order valence-electron chi connectivity index (χ1n) is 6.76. The normalized spacial score (nSPS) is 21.3. The number of urea groups is 1. The lowest BCUT2D eigenvalue weighted by Crippen LogP contribution is -2.48. The van der Waals surface area contributed by atoms with E-state index in [4.69, 9.17) is 21.1 Å². The third-order valence-corrected chi connectivity index (χ3v) is 3.84. The fourth-order valence-electron chi connectivity index (χ4n) is 2.58. The molecule has 1 aromatic carbocycles. The van der Waals surface area contributed by atoms with Crippen LogP contribution in [0.4, 0.5) is 10.5 Å². The molecule has 5 nitrogen and oxygen atoms in total. The summed E-state index contributed by atoms with van der Waals surface area (Å²) in [5, 5.41) is 3.52. The highest BCUT2D eigenvalue weighted by molar-refractivity contribution is 6.31. The van der Waals surface area contributed by atoms with Crippen LogP contribution in [0.1, 0.15) is 12.5 Å². The summed E-state index contributed by atoms with van der Waals surface area (Å²) in [5.74, 6) is 0.740. The van der Waals surface area contributed by atoms with E-state index in [2.05, 4.69) is 5.32 Å². The molecule has 0 bridgehead atoms. The number of hydrogen-bond donors (Lipinski definition) is 1. The number of fused-ring (bicyclic) bond motifs is 1. The van der Waals surface area contributed by atoms with E-state index in [0.717, 1.165) is 17.7 Å². The van der Waals surface area contributed by atoms with Crippen molar-refractivity contribution in [2.75, 3.05) is 31.7 Å². The Morgan fingerprint density at radius 3 is 3.10 bits per heavy atom. The van der Waals surface area contributed by atoms with Gasteiger partial charge in [0.1, 0.15) is 5.75 Å². The first-order valence-corrected chi connectivity index (χ1v) is 7.13. The number of ether oxygens (including phenoxy) is 2. The van der Waals surface area contributed by atoms with Gasteiger partial charge in [-0.15, -0.1) is 0 Å². The second-order valence-electron chi connectivity index (χ2n) is 5.09. The van der Waals surface area contributed by atoms with Gasteiger partial charge in [-0.05, 0) is 19.1 Å². The maximum atomic E-state index is 12.3. The lowest BCUT2D eigenvalue weighted by molar-refractivity contribution is 0.0221. The minimum Gasteiger partial charge on any atom is -0.491 e. The molecule has 0 radical (unpaired) electrons. The second-order valence-corrected chi connectivity index (χ2v) is 5.52. The Morgan fingerprint density at radius 2 is 2.30 bits per heavy atom. The molecule has 0 aromatic heterocycles. The van der Waals surface area contributed by atoms with E-state index in [9.17, 15) is 4.79 Å². The average molecular weight is 297 g/mol. The van der Waals surface area contributed by atoms with E-state index >= 15 is 0 Å². The molecule has 108 valence electrons. The zero-order valence-electron chi connectivity index (χ0n) is 11.3. The number of carbonyl (C=O) groups excluding carboxylic acids is 1. The maximum absolute atomic E-state index is 12.3. The maximum Gasteiger partial charge on any atom is 0.322 e. The smallest absolute Gasteiger partial charge is 0.322 e. The van der Waals surface area contributed by atoms with Gasteiger partial charge in [0.25, 0.3) is 0 Å². The first-order chi connectivity index (χ1) is 9.65. The summed E-state index contributed by atoms with van der Waals surface area (Å²) >= 11 is 6.09. The van der Waals surface area contributed by atoms with Gasteiger partial charge in [0.2, 0.25) is 0 Å². The molecule has 6 heteroatoms. The number of nitrogens with one attached hydrogen (secondary N) is 1. The van der Waals surface area contributed by atoms with Gasteiger partial charge in [-0.25, -0.2) is 4.79 Å². The Bertz CT molecular complexity index is 535. The lowest BCUT2D eigenvalue weighted by atomic mass is 10.1. The lowest BCUT2D eigenvalue weighted by Gasteiger charge is -2.33. The summed E-state index contributed by atoms with van der Waals surface area (Å²) in [6.07, 6.45) is 0.826. The van der Waals surface area contributed by atoms with E-state index in [1.807, 2.05) is 13.0 Å². The number of anilines is 1. The fourth-order valence-corrected chi connectivity index (χ4v) is 2.82. The molecule has 0 aliphatic carbocycles. The van der Waals surface area contributed by atoms with E-state index in [1.54, 1.807) is 11.0 Å². The predicted molar refractivity (Wildman–Crippen MR) is 76.7 cm³/mol. The van der Waals surface area contributed by atoms with E-state index in [-0.39, 0.29) is 12.1 Å². The fraction of sp³-hybridized carbons (Fsp3) is 0.500. The topological polar surface area (TPSA) is 50.8 Å². The van der Waals surface area contributed by atoms with Crippen molar-refractivity contribution in [2.45, 2.75) is 19.4 Å². The molecule has 0 spiro atoms. The second kappa shape index (κ2) is 5.50. The summed E-state index contributed by atoms with van der Waals surface area (Å²) < 4.78 is 10.9. The molecular formula is C14H17ClN2O3. The number of morpholine rings is 1. The highest BCUT2D eigenvalue weighted by Gasteiger charge is 2.26. The van der Waals surface area contributed by atoms with Crippen LogP contribution in [0.15, 0.2) is 12.1 Å². The van der Waals surface area contributed by atoms with Crippen LogP contribution in [0.3, 0.4) is 0 Å². The van der Waals surface area contributed by atoms with Crippen LogP contribution in [0.5, 0.6) is 5.75 Å². The van der Waals surface area contributed by atoms with Crippen LogP contribution in [0.2, 0.25) is 5.02 Å². The summed E-state index contributed by atoms with van der Waals surface area (Å²) in [6, 6.07) is 3.55. The number of amides is 2. The highest BCUT2D eigenvalue weighted by atomic mass is 35.5.